The highest BCUT2D eigenvalue weighted by molar-refractivity contribution is 7.98. The van der Waals surface area contributed by atoms with Crippen LogP contribution in [0.3, 0.4) is 0 Å². The minimum atomic E-state index is 0.0390. The Morgan fingerprint density at radius 1 is 1.17 bits per heavy atom. The molecule has 0 amide bonds. The summed E-state index contributed by atoms with van der Waals surface area (Å²) in [5, 5.41) is 5.59. The van der Waals surface area contributed by atoms with Gasteiger partial charge in [0.1, 0.15) is 10.6 Å². The van der Waals surface area contributed by atoms with Gasteiger partial charge >= 0.3 is 0 Å². The van der Waals surface area contributed by atoms with E-state index in [1.807, 2.05) is 44.2 Å². The minimum Gasteiger partial charge on any atom is -0.361 e. The van der Waals surface area contributed by atoms with E-state index in [9.17, 15) is 4.79 Å². The van der Waals surface area contributed by atoms with Gasteiger partial charge in [-0.2, -0.15) is 0 Å². The number of rotatable bonds is 4. The first-order chi connectivity index (χ1) is 14.1. The summed E-state index contributed by atoms with van der Waals surface area (Å²) >= 11 is 3.21. The lowest BCUT2D eigenvalue weighted by Gasteiger charge is -2.13. The average molecular weight is 424 g/mol. The zero-order valence-corrected chi connectivity index (χ0v) is 18.0. The van der Waals surface area contributed by atoms with E-state index >= 15 is 0 Å². The van der Waals surface area contributed by atoms with Gasteiger partial charge < -0.3 is 4.52 Å². The summed E-state index contributed by atoms with van der Waals surface area (Å²) in [6.07, 6.45) is 4.37. The van der Waals surface area contributed by atoms with Crippen LogP contribution in [-0.2, 0) is 18.6 Å². The van der Waals surface area contributed by atoms with E-state index in [4.69, 9.17) is 9.51 Å². The molecule has 4 aromatic rings. The molecule has 7 heteroatoms. The Labute approximate surface area is 176 Å². The monoisotopic (exact) mass is 423 g/mol. The lowest BCUT2D eigenvalue weighted by Crippen LogP contribution is -2.22. The first-order valence-corrected chi connectivity index (χ1v) is 11.6. The Morgan fingerprint density at radius 2 is 1.97 bits per heavy atom. The van der Waals surface area contributed by atoms with Crippen molar-refractivity contribution in [3.05, 3.63) is 68.1 Å². The van der Waals surface area contributed by atoms with Crippen LogP contribution in [-0.4, -0.2) is 14.7 Å². The fraction of sp³-hybridized carbons (Fsp3) is 0.318. The summed E-state index contributed by atoms with van der Waals surface area (Å²) < 4.78 is 6.94. The third-order valence-electron chi connectivity index (χ3n) is 5.28. The quantitative estimate of drug-likeness (QED) is 0.332. The third kappa shape index (κ3) is 3.42. The summed E-state index contributed by atoms with van der Waals surface area (Å²) in [5.74, 6) is 1.39. The predicted octanol–water partition coefficient (Wildman–Crippen LogP) is 5.22. The molecule has 0 spiro atoms. The standard InChI is InChI=1S/C22H21N3O2S2/c1-13-7-9-16(10-8-13)25-21(26)19-17-5-3-4-6-18(17)29-20(19)23-22(25)28-12-15-11-14(2)27-24-15/h7-11H,3-6,12H2,1-2H3. The largest absolute Gasteiger partial charge is 0.361 e. The Balaban J connectivity index is 1.67. The molecule has 1 aliphatic rings. The number of nitrogens with zero attached hydrogens (tertiary/aromatic N) is 3. The number of hydrogen-bond acceptors (Lipinski definition) is 6. The van der Waals surface area contributed by atoms with E-state index in [1.54, 1.807) is 15.9 Å². The fourth-order valence-electron chi connectivity index (χ4n) is 3.83. The molecule has 1 aromatic carbocycles. The van der Waals surface area contributed by atoms with Crippen LogP contribution in [0.5, 0.6) is 0 Å². The minimum absolute atomic E-state index is 0.0390. The molecule has 3 heterocycles. The van der Waals surface area contributed by atoms with E-state index in [1.165, 1.54) is 28.6 Å². The number of thiophene rings is 1. The average Bonchev–Trinajstić information content (AvgIpc) is 3.30. The number of aryl methyl sites for hydroxylation is 4. The van der Waals surface area contributed by atoms with Crippen LogP contribution < -0.4 is 5.56 Å². The van der Waals surface area contributed by atoms with Gasteiger partial charge in [-0.1, -0.05) is 34.6 Å². The van der Waals surface area contributed by atoms with E-state index in [0.717, 1.165) is 52.2 Å². The number of hydrogen-bond donors (Lipinski definition) is 0. The van der Waals surface area contributed by atoms with Crippen molar-refractivity contribution in [2.75, 3.05) is 0 Å². The van der Waals surface area contributed by atoms with Crippen LogP contribution in [0, 0.1) is 13.8 Å². The molecule has 0 N–H and O–H groups in total. The molecule has 0 fully saturated rings. The molecule has 29 heavy (non-hydrogen) atoms. The fourth-order valence-corrected chi connectivity index (χ4v) is 6.03. The predicted molar refractivity (Wildman–Crippen MR) is 117 cm³/mol. The van der Waals surface area contributed by atoms with Gasteiger partial charge in [0.2, 0.25) is 0 Å². The maximum Gasteiger partial charge on any atom is 0.267 e. The number of benzene rings is 1. The second-order valence-electron chi connectivity index (χ2n) is 7.48. The van der Waals surface area contributed by atoms with E-state index < -0.39 is 0 Å². The topological polar surface area (TPSA) is 60.9 Å². The van der Waals surface area contributed by atoms with Crippen LogP contribution in [0.25, 0.3) is 15.9 Å². The molecule has 0 bridgehead atoms. The molecule has 0 saturated carbocycles. The van der Waals surface area contributed by atoms with Crippen molar-refractivity contribution >= 4 is 33.3 Å². The van der Waals surface area contributed by atoms with Gasteiger partial charge in [0.05, 0.1) is 16.8 Å². The zero-order valence-electron chi connectivity index (χ0n) is 16.4. The Bertz CT molecular complexity index is 1250. The van der Waals surface area contributed by atoms with E-state index in [2.05, 4.69) is 5.16 Å². The highest BCUT2D eigenvalue weighted by Crippen LogP contribution is 2.35. The van der Waals surface area contributed by atoms with Crippen molar-refractivity contribution in [1.29, 1.82) is 0 Å². The summed E-state index contributed by atoms with van der Waals surface area (Å²) in [4.78, 5) is 20.8. The van der Waals surface area contributed by atoms with Gasteiger partial charge in [0, 0.05) is 16.7 Å². The summed E-state index contributed by atoms with van der Waals surface area (Å²) in [6, 6.07) is 9.97. The molecular weight excluding hydrogens is 402 g/mol. The first kappa shape index (κ1) is 18.6. The van der Waals surface area contributed by atoms with Crippen LogP contribution in [0.15, 0.2) is 44.8 Å². The molecule has 5 rings (SSSR count). The van der Waals surface area contributed by atoms with Gasteiger partial charge in [-0.05, 0) is 57.2 Å². The van der Waals surface area contributed by atoms with Crippen LogP contribution in [0.2, 0.25) is 0 Å². The summed E-state index contributed by atoms with van der Waals surface area (Å²) in [7, 11) is 0. The van der Waals surface area contributed by atoms with E-state index in [-0.39, 0.29) is 5.56 Å². The smallest absolute Gasteiger partial charge is 0.267 e. The first-order valence-electron chi connectivity index (χ1n) is 9.79. The zero-order chi connectivity index (χ0) is 20.0. The van der Waals surface area contributed by atoms with Crippen molar-refractivity contribution in [3.8, 4) is 5.69 Å². The molecule has 0 atom stereocenters. The lowest BCUT2D eigenvalue weighted by molar-refractivity contribution is 0.393. The molecule has 0 radical (unpaired) electrons. The Morgan fingerprint density at radius 3 is 2.72 bits per heavy atom. The maximum atomic E-state index is 13.7. The number of fused-ring (bicyclic) bond motifs is 3. The van der Waals surface area contributed by atoms with Crippen LogP contribution >= 0.6 is 23.1 Å². The molecule has 1 aliphatic carbocycles. The summed E-state index contributed by atoms with van der Waals surface area (Å²) in [6.45, 7) is 3.93. The van der Waals surface area contributed by atoms with E-state index in [0.29, 0.717) is 10.9 Å². The molecule has 0 aliphatic heterocycles. The van der Waals surface area contributed by atoms with Crippen molar-refractivity contribution < 1.29 is 4.52 Å². The second kappa shape index (κ2) is 7.46. The molecule has 5 nitrogen and oxygen atoms in total. The lowest BCUT2D eigenvalue weighted by atomic mass is 9.97. The van der Waals surface area contributed by atoms with Gasteiger partial charge in [-0.25, -0.2) is 4.98 Å². The van der Waals surface area contributed by atoms with Crippen molar-refractivity contribution in [1.82, 2.24) is 14.7 Å². The van der Waals surface area contributed by atoms with Crippen LogP contribution in [0.1, 0.15) is 40.3 Å². The van der Waals surface area contributed by atoms with Crippen molar-refractivity contribution in [2.24, 2.45) is 0 Å². The highest BCUT2D eigenvalue weighted by Gasteiger charge is 2.23. The molecular formula is C22H21N3O2S2. The molecule has 0 unspecified atom stereocenters. The van der Waals surface area contributed by atoms with Crippen LogP contribution in [0.4, 0.5) is 0 Å². The van der Waals surface area contributed by atoms with Crippen molar-refractivity contribution in [3.63, 3.8) is 0 Å². The van der Waals surface area contributed by atoms with Crippen molar-refractivity contribution in [2.45, 2.75) is 50.4 Å². The molecule has 3 aromatic heterocycles. The summed E-state index contributed by atoms with van der Waals surface area (Å²) in [5.41, 5.74) is 4.12. The number of thioether (sulfide) groups is 1. The molecule has 148 valence electrons. The molecule has 0 saturated heterocycles. The highest BCUT2D eigenvalue weighted by atomic mass is 32.2. The maximum absolute atomic E-state index is 13.7. The van der Waals surface area contributed by atoms with Gasteiger partial charge in [0.15, 0.2) is 5.16 Å². The SMILES string of the molecule is Cc1ccc(-n2c(SCc3cc(C)on3)nc3sc4c(c3c2=O)CCCC4)cc1. The number of aromatic nitrogens is 3. The Kier molecular flexibility index (Phi) is 4.80. The Hall–Kier alpha value is -2.38. The second-order valence-corrected chi connectivity index (χ2v) is 9.51. The van der Waals surface area contributed by atoms with Gasteiger partial charge in [0.25, 0.3) is 5.56 Å². The third-order valence-corrected chi connectivity index (χ3v) is 7.43. The van der Waals surface area contributed by atoms with Gasteiger partial charge in [-0.3, -0.25) is 9.36 Å². The normalized spacial score (nSPS) is 13.7. The van der Waals surface area contributed by atoms with Gasteiger partial charge in [-0.15, -0.1) is 11.3 Å².